The van der Waals surface area contributed by atoms with E-state index in [1.54, 1.807) is 0 Å². The fourth-order valence-electron chi connectivity index (χ4n) is 1.42. The van der Waals surface area contributed by atoms with E-state index in [2.05, 4.69) is 11.9 Å². The molecule has 0 bridgehead atoms. The lowest BCUT2D eigenvalue weighted by Crippen LogP contribution is -2.23. The first kappa shape index (κ1) is 16.1. The smallest absolute Gasteiger partial charge is 0.335 e. The molecule has 1 atom stereocenters. The van der Waals surface area contributed by atoms with Crippen LogP contribution in [0.15, 0.2) is 30.4 Å². The maximum Gasteiger partial charge on any atom is 0.335 e. The third-order valence-corrected chi connectivity index (χ3v) is 2.38. The van der Waals surface area contributed by atoms with E-state index in [4.69, 9.17) is 4.74 Å². The normalized spacial score (nSPS) is 11.3. The van der Waals surface area contributed by atoms with E-state index in [9.17, 15) is 25.0 Å². The maximum atomic E-state index is 11.3. The number of nitrogens with one attached hydrogen (secondary N) is 1. The molecule has 9 nitrogen and oxygen atoms in total. The Kier molecular flexibility index (Phi) is 4.95. The van der Waals surface area contributed by atoms with E-state index in [1.165, 1.54) is 19.9 Å². The number of nitrogens with zero attached hydrogens (tertiary/aromatic N) is 2. The van der Waals surface area contributed by atoms with Gasteiger partial charge in [0.2, 0.25) is 0 Å². The Morgan fingerprint density at radius 2 is 1.95 bits per heavy atom. The van der Waals surface area contributed by atoms with Crippen molar-refractivity contribution in [1.29, 1.82) is 0 Å². The fraction of sp³-hybridized carbons (Fsp3) is 0.250. The molecule has 0 aliphatic carbocycles. The molecular formula is C12H13N3O6. The van der Waals surface area contributed by atoms with Crippen molar-refractivity contribution in [3.63, 3.8) is 0 Å². The van der Waals surface area contributed by atoms with Crippen LogP contribution < -0.4 is 5.32 Å². The number of nitro groups is 2. The van der Waals surface area contributed by atoms with Gasteiger partial charge in [-0.15, -0.1) is 0 Å². The van der Waals surface area contributed by atoms with Crippen LogP contribution in [0.5, 0.6) is 0 Å². The molecular weight excluding hydrogens is 282 g/mol. The van der Waals surface area contributed by atoms with Crippen LogP contribution in [-0.2, 0) is 9.53 Å². The molecule has 9 heteroatoms. The van der Waals surface area contributed by atoms with Crippen LogP contribution >= 0.6 is 0 Å². The lowest BCUT2D eigenvalue weighted by Gasteiger charge is -2.16. The van der Waals surface area contributed by atoms with Gasteiger partial charge in [0.25, 0.3) is 11.4 Å². The highest BCUT2D eigenvalue weighted by molar-refractivity contribution is 5.87. The summed E-state index contributed by atoms with van der Waals surface area (Å²) in [6, 6.07) is 3.12. The summed E-state index contributed by atoms with van der Waals surface area (Å²) in [7, 11) is 0. The van der Waals surface area contributed by atoms with Crippen LogP contribution in [0, 0.1) is 20.2 Å². The van der Waals surface area contributed by atoms with E-state index in [0.717, 1.165) is 12.1 Å². The SMILES string of the molecule is C=C(C)C(=O)OC(C)Nc1ccc([N+](=O)[O-])cc1[N+](=O)[O-]. The number of hydrogen-bond acceptors (Lipinski definition) is 7. The summed E-state index contributed by atoms with van der Waals surface area (Å²) in [5.74, 6) is -0.653. The summed E-state index contributed by atoms with van der Waals surface area (Å²) in [5, 5.41) is 24.1. The molecule has 0 fully saturated rings. The summed E-state index contributed by atoms with van der Waals surface area (Å²) >= 11 is 0. The van der Waals surface area contributed by atoms with Crippen LogP contribution in [0.25, 0.3) is 0 Å². The quantitative estimate of drug-likeness (QED) is 0.281. The molecule has 0 amide bonds. The number of carbonyl (C=O) groups is 1. The van der Waals surface area contributed by atoms with E-state index < -0.39 is 33.4 Å². The number of anilines is 1. The number of benzene rings is 1. The molecule has 0 spiro atoms. The summed E-state index contributed by atoms with van der Waals surface area (Å²) in [6.45, 7) is 6.33. The van der Waals surface area contributed by atoms with Gasteiger partial charge in [-0.1, -0.05) is 6.58 Å². The third kappa shape index (κ3) is 4.27. The minimum Gasteiger partial charge on any atom is -0.439 e. The molecule has 1 N–H and O–H groups in total. The number of hydrogen-bond donors (Lipinski definition) is 1. The van der Waals surface area contributed by atoms with Gasteiger partial charge in [0.1, 0.15) is 5.69 Å². The first-order valence-corrected chi connectivity index (χ1v) is 5.78. The number of carbonyl (C=O) groups excluding carboxylic acids is 1. The molecule has 0 saturated heterocycles. The van der Waals surface area contributed by atoms with Crippen molar-refractivity contribution in [2.24, 2.45) is 0 Å². The molecule has 1 aromatic carbocycles. The number of ether oxygens (including phenoxy) is 1. The third-order valence-electron chi connectivity index (χ3n) is 2.38. The van der Waals surface area contributed by atoms with Crippen molar-refractivity contribution in [2.75, 3.05) is 5.32 Å². The number of esters is 1. The Bertz CT molecular complexity index is 613. The number of nitro benzene ring substituents is 2. The molecule has 1 aromatic rings. The van der Waals surface area contributed by atoms with E-state index in [-0.39, 0.29) is 11.3 Å². The van der Waals surface area contributed by atoms with Gasteiger partial charge in [-0.05, 0) is 19.9 Å². The minimum atomic E-state index is -0.866. The lowest BCUT2D eigenvalue weighted by atomic mass is 10.2. The minimum absolute atomic E-state index is 0.00705. The average Bonchev–Trinajstić information content (AvgIpc) is 2.38. The van der Waals surface area contributed by atoms with Gasteiger partial charge in [0.15, 0.2) is 6.23 Å². The highest BCUT2D eigenvalue weighted by Crippen LogP contribution is 2.29. The zero-order valence-electron chi connectivity index (χ0n) is 11.4. The van der Waals surface area contributed by atoms with Gasteiger partial charge in [-0.2, -0.15) is 0 Å². The number of non-ortho nitro benzene ring substituents is 1. The topological polar surface area (TPSA) is 125 Å². The molecule has 0 aromatic heterocycles. The second-order valence-corrected chi connectivity index (χ2v) is 4.19. The van der Waals surface area contributed by atoms with Crippen LogP contribution in [0.2, 0.25) is 0 Å². The Morgan fingerprint density at radius 1 is 1.33 bits per heavy atom. The van der Waals surface area contributed by atoms with Crippen molar-refractivity contribution in [2.45, 2.75) is 20.1 Å². The zero-order chi connectivity index (χ0) is 16.2. The maximum absolute atomic E-state index is 11.3. The molecule has 21 heavy (non-hydrogen) atoms. The van der Waals surface area contributed by atoms with Gasteiger partial charge < -0.3 is 10.1 Å². The molecule has 0 radical (unpaired) electrons. The Labute approximate surface area is 119 Å². The van der Waals surface area contributed by atoms with E-state index >= 15 is 0 Å². The second kappa shape index (κ2) is 6.46. The molecule has 1 rings (SSSR count). The largest absolute Gasteiger partial charge is 0.439 e. The first-order valence-electron chi connectivity index (χ1n) is 5.78. The first-order chi connectivity index (χ1) is 9.72. The summed E-state index contributed by atoms with van der Waals surface area (Å²) in [6.07, 6.45) is -0.866. The monoisotopic (exact) mass is 295 g/mol. The molecule has 0 aliphatic heterocycles. The standard InChI is InChI=1S/C12H13N3O6/c1-7(2)12(16)21-8(3)13-10-5-4-9(14(17)18)6-11(10)15(19)20/h4-6,8,13H,1H2,2-3H3. The highest BCUT2D eigenvalue weighted by Gasteiger charge is 2.21. The van der Waals surface area contributed by atoms with Crippen molar-refractivity contribution in [1.82, 2.24) is 0 Å². The van der Waals surface area contributed by atoms with Crippen molar-refractivity contribution < 1.29 is 19.4 Å². The van der Waals surface area contributed by atoms with Gasteiger partial charge >= 0.3 is 5.97 Å². The predicted molar refractivity (Wildman–Crippen MR) is 73.7 cm³/mol. The van der Waals surface area contributed by atoms with Crippen LogP contribution in [0.1, 0.15) is 13.8 Å². The van der Waals surface area contributed by atoms with Crippen LogP contribution in [0.4, 0.5) is 17.1 Å². The summed E-state index contributed by atoms with van der Waals surface area (Å²) in [5.41, 5.74) is -0.698. The van der Waals surface area contributed by atoms with Crippen molar-refractivity contribution >= 4 is 23.0 Å². The van der Waals surface area contributed by atoms with Gasteiger partial charge in [-0.3, -0.25) is 20.2 Å². The second-order valence-electron chi connectivity index (χ2n) is 4.19. The predicted octanol–water partition coefficient (Wildman–Crippen LogP) is 2.38. The highest BCUT2D eigenvalue weighted by atomic mass is 16.6. The van der Waals surface area contributed by atoms with Crippen LogP contribution in [0.3, 0.4) is 0 Å². The van der Waals surface area contributed by atoms with Gasteiger partial charge in [0, 0.05) is 11.6 Å². The zero-order valence-corrected chi connectivity index (χ0v) is 11.4. The van der Waals surface area contributed by atoms with E-state index in [1.807, 2.05) is 0 Å². The fourth-order valence-corrected chi connectivity index (χ4v) is 1.42. The van der Waals surface area contributed by atoms with Crippen molar-refractivity contribution in [3.8, 4) is 0 Å². The van der Waals surface area contributed by atoms with Crippen molar-refractivity contribution in [3.05, 3.63) is 50.6 Å². The molecule has 0 aliphatic rings. The molecule has 0 saturated carbocycles. The average molecular weight is 295 g/mol. The number of rotatable bonds is 6. The Morgan fingerprint density at radius 3 is 2.43 bits per heavy atom. The lowest BCUT2D eigenvalue weighted by molar-refractivity contribution is -0.393. The molecule has 0 heterocycles. The Balaban J connectivity index is 2.97. The molecule has 112 valence electrons. The summed E-state index contributed by atoms with van der Waals surface area (Å²) < 4.78 is 4.92. The van der Waals surface area contributed by atoms with E-state index in [0.29, 0.717) is 0 Å². The molecule has 1 unspecified atom stereocenters. The van der Waals surface area contributed by atoms with Crippen LogP contribution in [-0.4, -0.2) is 22.0 Å². The van der Waals surface area contributed by atoms with Gasteiger partial charge in [0.05, 0.1) is 15.9 Å². The Hall–Kier alpha value is -2.97. The summed E-state index contributed by atoms with van der Waals surface area (Å²) in [4.78, 5) is 31.4. The van der Waals surface area contributed by atoms with Gasteiger partial charge in [-0.25, -0.2) is 4.79 Å².